The summed E-state index contributed by atoms with van der Waals surface area (Å²) in [4.78, 5) is 2.56. The van der Waals surface area contributed by atoms with Crippen molar-refractivity contribution in [2.45, 2.75) is 59.5 Å². The number of piperidine rings is 1. The molecule has 0 radical (unpaired) electrons. The van der Waals surface area contributed by atoms with Crippen LogP contribution in [0.3, 0.4) is 0 Å². The predicted octanol–water partition coefficient (Wildman–Crippen LogP) is 2.85. The van der Waals surface area contributed by atoms with E-state index in [9.17, 15) is 0 Å². The number of hydrogen-bond acceptors (Lipinski definition) is 3. The van der Waals surface area contributed by atoms with Crippen LogP contribution in [0.4, 0.5) is 5.82 Å². The quantitative estimate of drug-likeness (QED) is 0.841. The molecule has 2 heterocycles. The first kappa shape index (κ1) is 15.4. The van der Waals surface area contributed by atoms with E-state index in [-0.39, 0.29) is 0 Å². The van der Waals surface area contributed by atoms with Gasteiger partial charge < -0.3 is 10.2 Å². The molecular weight excluding hydrogens is 248 g/mol. The number of aromatic nitrogens is 2. The molecule has 0 spiro atoms. The Balaban J connectivity index is 2.21. The molecule has 0 aliphatic carbocycles. The molecule has 1 fully saturated rings. The van der Waals surface area contributed by atoms with Gasteiger partial charge in [0.2, 0.25) is 0 Å². The lowest BCUT2D eigenvalue weighted by molar-refractivity contribution is 0.372. The molecule has 4 heteroatoms. The molecule has 1 aliphatic rings. The average Bonchev–Trinajstić information content (AvgIpc) is 2.65. The molecule has 2 atom stereocenters. The molecule has 1 saturated heterocycles. The molecular formula is C16H30N4. The topological polar surface area (TPSA) is 33.1 Å². The predicted molar refractivity (Wildman–Crippen MR) is 85.1 cm³/mol. The van der Waals surface area contributed by atoms with Crippen molar-refractivity contribution in [1.82, 2.24) is 15.1 Å². The molecule has 2 rings (SSSR count). The number of rotatable bonds is 5. The minimum atomic E-state index is 0.610. The van der Waals surface area contributed by atoms with Gasteiger partial charge in [0.25, 0.3) is 0 Å². The van der Waals surface area contributed by atoms with Gasteiger partial charge in [0.15, 0.2) is 0 Å². The summed E-state index contributed by atoms with van der Waals surface area (Å²) in [5.41, 5.74) is 2.54. The van der Waals surface area contributed by atoms with Gasteiger partial charge in [-0.1, -0.05) is 13.8 Å². The van der Waals surface area contributed by atoms with Crippen LogP contribution in [-0.2, 0) is 13.6 Å². The molecule has 114 valence electrons. The van der Waals surface area contributed by atoms with Crippen LogP contribution in [0.2, 0.25) is 0 Å². The summed E-state index contributed by atoms with van der Waals surface area (Å²) in [5, 5.41) is 8.18. The van der Waals surface area contributed by atoms with E-state index in [1.807, 2.05) is 0 Å². The Morgan fingerprint density at radius 3 is 2.75 bits per heavy atom. The minimum absolute atomic E-state index is 0.610. The fourth-order valence-electron chi connectivity index (χ4n) is 3.37. The summed E-state index contributed by atoms with van der Waals surface area (Å²) in [7, 11) is 2.08. The normalized spacial score (nSPS) is 23.4. The van der Waals surface area contributed by atoms with E-state index in [0.717, 1.165) is 31.2 Å². The Kier molecular flexibility index (Phi) is 5.08. The van der Waals surface area contributed by atoms with E-state index < -0.39 is 0 Å². The third-order valence-electron chi connectivity index (χ3n) is 4.45. The molecule has 1 aromatic heterocycles. The van der Waals surface area contributed by atoms with Crippen molar-refractivity contribution in [1.29, 1.82) is 0 Å². The van der Waals surface area contributed by atoms with Gasteiger partial charge in [-0.15, -0.1) is 0 Å². The standard InChI is InChI=1S/C16H30N4/c1-6-8-17-11-15-14(4)18-19(5)16(15)20-9-7-12(2)10-13(20)3/h12-13,17H,6-11H2,1-5H3. The molecule has 20 heavy (non-hydrogen) atoms. The lowest BCUT2D eigenvalue weighted by Crippen LogP contribution is -2.42. The van der Waals surface area contributed by atoms with Crippen LogP contribution in [0.25, 0.3) is 0 Å². The molecule has 1 N–H and O–H groups in total. The third kappa shape index (κ3) is 3.17. The molecule has 2 unspecified atom stereocenters. The lowest BCUT2D eigenvalue weighted by Gasteiger charge is -2.38. The van der Waals surface area contributed by atoms with Crippen LogP contribution in [0.15, 0.2) is 0 Å². The highest BCUT2D eigenvalue weighted by Crippen LogP contribution is 2.31. The molecule has 0 saturated carbocycles. The van der Waals surface area contributed by atoms with Crippen molar-refractivity contribution in [3.8, 4) is 0 Å². The van der Waals surface area contributed by atoms with Gasteiger partial charge in [0.05, 0.1) is 5.69 Å². The van der Waals surface area contributed by atoms with Crippen LogP contribution >= 0.6 is 0 Å². The molecule has 1 aromatic rings. The molecule has 0 bridgehead atoms. The van der Waals surface area contributed by atoms with E-state index in [2.05, 4.69) is 54.7 Å². The second-order valence-corrected chi connectivity index (χ2v) is 6.36. The van der Waals surface area contributed by atoms with Crippen molar-refractivity contribution in [3.63, 3.8) is 0 Å². The van der Waals surface area contributed by atoms with E-state index in [4.69, 9.17) is 0 Å². The second kappa shape index (κ2) is 6.61. The first-order valence-corrected chi connectivity index (χ1v) is 8.04. The summed E-state index contributed by atoms with van der Waals surface area (Å²) in [5.74, 6) is 2.17. The van der Waals surface area contributed by atoms with Gasteiger partial charge >= 0.3 is 0 Å². The van der Waals surface area contributed by atoms with Crippen molar-refractivity contribution >= 4 is 5.82 Å². The fraction of sp³-hybridized carbons (Fsp3) is 0.812. The van der Waals surface area contributed by atoms with Gasteiger partial charge in [-0.05, 0) is 45.6 Å². The van der Waals surface area contributed by atoms with Crippen LogP contribution in [0.5, 0.6) is 0 Å². The van der Waals surface area contributed by atoms with Crippen molar-refractivity contribution in [2.75, 3.05) is 18.0 Å². The number of hydrogen-bond donors (Lipinski definition) is 1. The Morgan fingerprint density at radius 2 is 2.10 bits per heavy atom. The molecule has 4 nitrogen and oxygen atoms in total. The SMILES string of the molecule is CCCNCc1c(C)nn(C)c1N1CCC(C)CC1C. The zero-order valence-electron chi connectivity index (χ0n) is 13.7. The number of anilines is 1. The highest BCUT2D eigenvalue weighted by atomic mass is 15.4. The zero-order chi connectivity index (χ0) is 14.7. The summed E-state index contributed by atoms with van der Waals surface area (Å²) >= 11 is 0. The average molecular weight is 278 g/mol. The first-order valence-electron chi connectivity index (χ1n) is 8.04. The third-order valence-corrected chi connectivity index (χ3v) is 4.45. The van der Waals surface area contributed by atoms with Gasteiger partial charge in [-0.25, -0.2) is 0 Å². The molecule has 0 amide bonds. The van der Waals surface area contributed by atoms with Crippen LogP contribution in [0, 0.1) is 12.8 Å². The van der Waals surface area contributed by atoms with Crippen molar-refractivity contribution in [2.24, 2.45) is 13.0 Å². The van der Waals surface area contributed by atoms with E-state index in [1.54, 1.807) is 0 Å². The van der Waals surface area contributed by atoms with Crippen LogP contribution < -0.4 is 10.2 Å². The van der Waals surface area contributed by atoms with Crippen LogP contribution in [0.1, 0.15) is 51.3 Å². The van der Waals surface area contributed by atoms with E-state index in [1.165, 1.54) is 30.6 Å². The second-order valence-electron chi connectivity index (χ2n) is 6.36. The number of aryl methyl sites for hydroxylation is 2. The highest BCUT2D eigenvalue weighted by molar-refractivity contribution is 5.51. The van der Waals surface area contributed by atoms with Gasteiger partial charge in [0, 0.05) is 31.7 Å². The smallest absolute Gasteiger partial charge is 0.131 e. The largest absolute Gasteiger partial charge is 0.354 e. The Labute approximate surface area is 123 Å². The maximum atomic E-state index is 4.65. The zero-order valence-corrected chi connectivity index (χ0v) is 13.7. The fourth-order valence-corrected chi connectivity index (χ4v) is 3.37. The van der Waals surface area contributed by atoms with E-state index in [0.29, 0.717) is 6.04 Å². The maximum Gasteiger partial charge on any atom is 0.131 e. The molecule has 0 aromatic carbocycles. The first-order chi connectivity index (χ1) is 9.54. The van der Waals surface area contributed by atoms with Gasteiger partial charge in [0.1, 0.15) is 5.82 Å². The molecule has 1 aliphatic heterocycles. The summed E-state index contributed by atoms with van der Waals surface area (Å²) in [6, 6.07) is 0.610. The van der Waals surface area contributed by atoms with Gasteiger partial charge in [-0.2, -0.15) is 5.10 Å². The minimum Gasteiger partial charge on any atom is -0.354 e. The van der Waals surface area contributed by atoms with E-state index >= 15 is 0 Å². The summed E-state index contributed by atoms with van der Waals surface area (Å²) in [6.07, 6.45) is 3.74. The maximum absolute atomic E-state index is 4.65. The highest BCUT2D eigenvalue weighted by Gasteiger charge is 2.27. The van der Waals surface area contributed by atoms with Crippen LogP contribution in [-0.4, -0.2) is 28.9 Å². The number of nitrogens with zero attached hydrogens (tertiary/aromatic N) is 3. The lowest BCUT2D eigenvalue weighted by atomic mass is 9.93. The van der Waals surface area contributed by atoms with Gasteiger partial charge in [-0.3, -0.25) is 4.68 Å². The monoisotopic (exact) mass is 278 g/mol. The Bertz CT molecular complexity index is 438. The summed E-state index contributed by atoms with van der Waals surface area (Å²) in [6.45, 7) is 12.2. The Morgan fingerprint density at radius 1 is 1.35 bits per heavy atom. The summed E-state index contributed by atoms with van der Waals surface area (Å²) < 4.78 is 2.07. The number of nitrogens with one attached hydrogen (secondary N) is 1. The Hall–Kier alpha value is -1.03. The van der Waals surface area contributed by atoms with Crippen molar-refractivity contribution < 1.29 is 0 Å². The van der Waals surface area contributed by atoms with Crippen molar-refractivity contribution in [3.05, 3.63) is 11.3 Å².